The largest absolute Gasteiger partial charge is 0.387 e. The number of rotatable bonds is 3. The summed E-state index contributed by atoms with van der Waals surface area (Å²) < 4.78 is 0. The van der Waals surface area contributed by atoms with Gasteiger partial charge in [0.05, 0.1) is 5.56 Å². The van der Waals surface area contributed by atoms with Crippen LogP contribution < -0.4 is 5.32 Å². The zero-order chi connectivity index (χ0) is 14.7. The lowest BCUT2D eigenvalue weighted by molar-refractivity contribution is 0.0707. The second-order valence-corrected chi connectivity index (χ2v) is 5.40. The molecule has 1 atom stereocenters. The summed E-state index contributed by atoms with van der Waals surface area (Å²) in [5, 5.41) is 10.1. The van der Waals surface area contributed by atoms with Crippen LogP contribution in [0.3, 0.4) is 0 Å². The standard InChI is InChI=1S/C16H20N4O/c1-17-15-7-3-2-6-13(15)16(21)20-10-4-5-12(11-20)14-8-9-18-19-14/h2-3,6-9,12,17H,4-5,10-11H2,1H3,(H,18,19). The number of carbonyl (C=O) groups excluding carboxylic acids is 1. The monoisotopic (exact) mass is 284 g/mol. The number of nitrogens with zero attached hydrogens (tertiary/aromatic N) is 2. The third-order valence-electron chi connectivity index (χ3n) is 4.10. The normalized spacial score (nSPS) is 18.5. The van der Waals surface area contributed by atoms with E-state index in [2.05, 4.69) is 15.5 Å². The average Bonchev–Trinajstić information content (AvgIpc) is 3.09. The van der Waals surface area contributed by atoms with Crippen LogP contribution in [0.25, 0.3) is 0 Å². The van der Waals surface area contributed by atoms with Gasteiger partial charge in [0.1, 0.15) is 0 Å². The zero-order valence-corrected chi connectivity index (χ0v) is 12.2. The van der Waals surface area contributed by atoms with Gasteiger partial charge in [-0.15, -0.1) is 0 Å². The molecule has 2 heterocycles. The van der Waals surface area contributed by atoms with Crippen LogP contribution in [0.4, 0.5) is 5.69 Å². The molecular weight excluding hydrogens is 264 g/mol. The first-order valence-electron chi connectivity index (χ1n) is 7.35. The minimum Gasteiger partial charge on any atom is -0.387 e. The van der Waals surface area contributed by atoms with E-state index in [-0.39, 0.29) is 5.91 Å². The molecule has 1 amide bonds. The van der Waals surface area contributed by atoms with Gasteiger partial charge in [0, 0.05) is 43.6 Å². The number of anilines is 1. The molecule has 1 saturated heterocycles. The van der Waals surface area contributed by atoms with Crippen molar-refractivity contribution in [2.24, 2.45) is 0 Å². The smallest absolute Gasteiger partial charge is 0.255 e. The van der Waals surface area contributed by atoms with E-state index in [1.807, 2.05) is 42.3 Å². The molecule has 5 nitrogen and oxygen atoms in total. The summed E-state index contributed by atoms with van der Waals surface area (Å²) in [6.45, 7) is 1.57. The highest BCUT2D eigenvalue weighted by Crippen LogP contribution is 2.27. The first-order chi connectivity index (χ1) is 10.3. The van der Waals surface area contributed by atoms with E-state index < -0.39 is 0 Å². The SMILES string of the molecule is CNc1ccccc1C(=O)N1CCCC(c2ccn[nH]2)C1. The van der Waals surface area contributed by atoms with Crippen LogP contribution in [0.5, 0.6) is 0 Å². The number of amides is 1. The maximum atomic E-state index is 12.8. The predicted molar refractivity (Wildman–Crippen MR) is 82.5 cm³/mol. The van der Waals surface area contributed by atoms with Gasteiger partial charge in [-0.25, -0.2) is 0 Å². The van der Waals surface area contributed by atoms with Gasteiger partial charge < -0.3 is 10.2 Å². The van der Waals surface area contributed by atoms with E-state index in [1.165, 1.54) is 0 Å². The molecule has 5 heteroatoms. The van der Waals surface area contributed by atoms with Crippen molar-refractivity contribution in [3.8, 4) is 0 Å². The molecule has 1 aliphatic heterocycles. The van der Waals surface area contributed by atoms with Crippen LogP contribution in [-0.2, 0) is 0 Å². The van der Waals surface area contributed by atoms with Crippen molar-refractivity contribution in [1.29, 1.82) is 0 Å². The Bertz CT molecular complexity index is 608. The van der Waals surface area contributed by atoms with Crippen molar-refractivity contribution < 1.29 is 4.79 Å². The topological polar surface area (TPSA) is 61.0 Å². The maximum Gasteiger partial charge on any atom is 0.255 e. The molecule has 3 rings (SSSR count). The number of hydrogen-bond donors (Lipinski definition) is 2. The summed E-state index contributed by atoms with van der Waals surface area (Å²) in [4.78, 5) is 14.7. The number of nitrogens with one attached hydrogen (secondary N) is 2. The summed E-state index contributed by atoms with van der Waals surface area (Å²) in [7, 11) is 1.84. The molecule has 21 heavy (non-hydrogen) atoms. The van der Waals surface area contributed by atoms with Gasteiger partial charge in [0.15, 0.2) is 0 Å². The Labute approximate surface area is 124 Å². The second kappa shape index (κ2) is 5.99. The summed E-state index contributed by atoms with van der Waals surface area (Å²) >= 11 is 0. The van der Waals surface area contributed by atoms with Crippen molar-refractivity contribution in [2.75, 3.05) is 25.5 Å². The fraction of sp³-hybridized carbons (Fsp3) is 0.375. The molecule has 110 valence electrons. The van der Waals surface area contributed by atoms with Gasteiger partial charge in [-0.2, -0.15) is 5.10 Å². The van der Waals surface area contributed by atoms with E-state index in [0.717, 1.165) is 42.9 Å². The lowest BCUT2D eigenvalue weighted by atomic mass is 9.94. The zero-order valence-electron chi connectivity index (χ0n) is 12.2. The Morgan fingerprint density at radius 3 is 3.00 bits per heavy atom. The molecule has 1 aromatic heterocycles. The van der Waals surface area contributed by atoms with Crippen LogP contribution in [0, 0.1) is 0 Å². The number of piperidine rings is 1. The van der Waals surface area contributed by atoms with Crippen LogP contribution >= 0.6 is 0 Å². The highest BCUT2D eigenvalue weighted by atomic mass is 16.2. The average molecular weight is 284 g/mol. The Morgan fingerprint density at radius 1 is 1.38 bits per heavy atom. The fourth-order valence-electron chi connectivity index (χ4n) is 2.97. The molecule has 0 aliphatic carbocycles. The van der Waals surface area contributed by atoms with Crippen molar-refractivity contribution >= 4 is 11.6 Å². The molecule has 0 spiro atoms. The molecule has 1 aromatic carbocycles. The third-order valence-corrected chi connectivity index (χ3v) is 4.10. The number of H-pyrrole nitrogens is 1. The molecule has 1 aliphatic rings. The fourth-order valence-corrected chi connectivity index (χ4v) is 2.97. The van der Waals surface area contributed by atoms with Gasteiger partial charge in [-0.05, 0) is 31.0 Å². The van der Waals surface area contributed by atoms with Crippen LogP contribution in [-0.4, -0.2) is 41.1 Å². The molecular formula is C16H20N4O. The van der Waals surface area contributed by atoms with Crippen molar-refractivity contribution in [1.82, 2.24) is 15.1 Å². The number of aromatic amines is 1. The van der Waals surface area contributed by atoms with E-state index in [4.69, 9.17) is 0 Å². The van der Waals surface area contributed by atoms with Crippen molar-refractivity contribution in [3.05, 3.63) is 47.8 Å². The minimum atomic E-state index is 0.101. The molecule has 1 fully saturated rings. The predicted octanol–water partition coefficient (Wildman–Crippen LogP) is 2.47. The first kappa shape index (κ1) is 13.7. The van der Waals surface area contributed by atoms with Crippen LogP contribution in [0.1, 0.15) is 34.8 Å². The first-order valence-corrected chi connectivity index (χ1v) is 7.35. The molecule has 2 N–H and O–H groups in total. The molecule has 0 bridgehead atoms. The minimum absolute atomic E-state index is 0.101. The number of benzene rings is 1. The Balaban J connectivity index is 1.78. The summed E-state index contributed by atoms with van der Waals surface area (Å²) in [5.74, 6) is 0.455. The second-order valence-electron chi connectivity index (χ2n) is 5.40. The summed E-state index contributed by atoms with van der Waals surface area (Å²) in [5.41, 5.74) is 2.74. The highest BCUT2D eigenvalue weighted by Gasteiger charge is 2.27. The maximum absolute atomic E-state index is 12.8. The van der Waals surface area contributed by atoms with Gasteiger partial charge in [-0.1, -0.05) is 12.1 Å². The number of carbonyl (C=O) groups is 1. The molecule has 0 radical (unpaired) electrons. The Hall–Kier alpha value is -2.30. The van der Waals surface area contributed by atoms with E-state index in [0.29, 0.717) is 5.92 Å². The van der Waals surface area contributed by atoms with E-state index in [1.54, 1.807) is 6.20 Å². The Kier molecular flexibility index (Phi) is 3.90. The molecule has 0 saturated carbocycles. The number of likely N-dealkylation sites (tertiary alicyclic amines) is 1. The van der Waals surface area contributed by atoms with Gasteiger partial charge >= 0.3 is 0 Å². The van der Waals surface area contributed by atoms with Crippen LogP contribution in [0.2, 0.25) is 0 Å². The summed E-state index contributed by atoms with van der Waals surface area (Å²) in [6.07, 6.45) is 3.89. The third kappa shape index (κ3) is 2.77. The molecule has 2 aromatic rings. The lowest BCUT2D eigenvalue weighted by Gasteiger charge is -2.32. The van der Waals surface area contributed by atoms with E-state index >= 15 is 0 Å². The number of para-hydroxylation sites is 1. The van der Waals surface area contributed by atoms with Crippen LogP contribution in [0.15, 0.2) is 36.5 Å². The van der Waals surface area contributed by atoms with E-state index in [9.17, 15) is 4.79 Å². The quantitative estimate of drug-likeness (QED) is 0.910. The molecule has 1 unspecified atom stereocenters. The van der Waals surface area contributed by atoms with Gasteiger partial charge in [0.25, 0.3) is 5.91 Å². The van der Waals surface area contributed by atoms with Gasteiger partial charge in [-0.3, -0.25) is 9.89 Å². The van der Waals surface area contributed by atoms with Gasteiger partial charge in [0.2, 0.25) is 0 Å². The lowest BCUT2D eigenvalue weighted by Crippen LogP contribution is -2.39. The number of hydrogen-bond acceptors (Lipinski definition) is 3. The van der Waals surface area contributed by atoms with Crippen molar-refractivity contribution in [2.45, 2.75) is 18.8 Å². The van der Waals surface area contributed by atoms with Crippen molar-refractivity contribution in [3.63, 3.8) is 0 Å². The number of aromatic nitrogens is 2. The Morgan fingerprint density at radius 2 is 2.24 bits per heavy atom. The highest BCUT2D eigenvalue weighted by molar-refractivity contribution is 5.99. The summed E-state index contributed by atoms with van der Waals surface area (Å²) in [6, 6.07) is 9.66.